The van der Waals surface area contributed by atoms with Crippen molar-refractivity contribution in [3.05, 3.63) is 34.2 Å². The summed E-state index contributed by atoms with van der Waals surface area (Å²) in [7, 11) is 1.66. The molecule has 1 aromatic carbocycles. The van der Waals surface area contributed by atoms with Crippen LogP contribution in [-0.2, 0) is 5.88 Å². The Morgan fingerprint density at radius 3 is 2.88 bits per heavy atom. The fourth-order valence-corrected chi connectivity index (χ4v) is 2.58. The Hall–Kier alpha value is -1.06. The van der Waals surface area contributed by atoms with Crippen LogP contribution in [0.15, 0.2) is 24.3 Å². The zero-order valence-corrected chi connectivity index (χ0v) is 10.7. The first-order valence-electron chi connectivity index (χ1n) is 4.91. The van der Waals surface area contributed by atoms with E-state index in [1.165, 1.54) is 4.88 Å². The highest BCUT2D eigenvalue weighted by Crippen LogP contribution is 2.30. The molecule has 1 heterocycles. The Kier molecular flexibility index (Phi) is 3.46. The predicted octanol–water partition coefficient (Wildman–Crippen LogP) is 3.87. The Balaban J connectivity index is 2.45. The third-order valence-corrected chi connectivity index (χ3v) is 3.68. The fraction of sp³-hybridized carbons (Fsp3) is 0.250. The zero-order chi connectivity index (χ0) is 11.5. The number of hydrogen-bond acceptors (Lipinski definition) is 3. The SMILES string of the molecule is COc1cccc(-c2nc(CCl)sc2C)c1. The molecule has 2 nitrogen and oxygen atoms in total. The fourth-order valence-electron chi connectivity index (χ4n) is 1.55. The van der Waals surface area contributed by atoms with E-state index in [0.717, 1.165) is 22.0 Å². The zero-order valence-electron chi connectivity index (χ0n) is 9.16. The molecule has 0 atom stereocenters. The molecular formula is C12H12ClNOS. The Bertz CT molecular complexity index is 496. The van der Waals surface area contributed by atoms with Gasteiger partial charge in [-0.1, -0.05) is 12.1 Å². The lowest BCUT2D eigenvalue weighted by Crippen LogP contribution is -1.85. The van der Waals surface area contributed by atoms with E-state index >= 15 is 0 Å². The highest BCUT2D eigenvalue weighted by molar-refractivity contribution is 7.12. The number of methoxy groups -OCH3 is 1. The van der Waals surface area contributed by atoms with Crippen molar-refractivity contribution in [3.8, 4) is 17.0 Å². The van der Waals surface area contributed by atoms with Crippen LogP contribution in [0, 0.1) is 6.92 Å². The van der Waals surface area contributed by atoms with Gasteiger partial charge in [-0.2, -0.15) is 0 Å². The van der Waals surface area contributed by atoms with E-state index in [2.05, 4.69) is 11.9 Å². The molecule has 2 rings (SSSR count). The summed E-state index contributed by atoms with van der Waals surface area (Å²) in [4.78, 5) is 5.69. The van der Waals surface area contributed by atoms with Gasteiger partial charge in [0.05, 0.1) is 18.7 Å². The van der Waals surface area contributed by atoms with Crippen molar-refractivity contribution in [1.29, 1.82) is 0 Å². The molecule has 0 fully saturated rings. The molecule has 0 amide bonds. The van der Waals surface area contributed by atoms with E-state index < -0.39 is 0 Å². The van der Waals surface area contributed by atoms with Gasteiger partial charge in [-0.3, -0.25) is 0 Å². The molecule has 0 radical (unpaired) electrons. The van der Waals surface area contributed by atoms with Crippen molar-refractivity contribution in [2.45, 2.75) is 12.8 Å². The topological polar surface area (TPSA) is 22.1 Å². The quantitative estimate of drug-likeness (QED) is 0.775. The van der Waals surface area contributed by atoms with Gasteiger partial charge in [0.1, 0.15) is 10.8 Å². The van der Waals surface area contributed by atoms with E-state index in [4.69, 9.17) is 16.3 Å². The summed E-state index contributed by atoms with van der Waals surface area (Å²) < 4.78 is 5.20. The second-order valence-corrected chi connectivity index (χ2v) is 4.93. The molecule has 0 aliphatic heterocycles. The minimum Gasteiger partial charge on any atom is -0.497 e. The van der Waals surface area contributed by atoms with Gasteiger partial charge in [0.25, 0.3) is 0 Å². The molecule has 2 aromatic rings. The average Bonchev–Trinajstić information content (AvgIpc) is 2.71. The molecule has 0 aliphatic carbocycles. The molecule has 84 valence electrons. The number of benzene rings is 1. The second kappa shape index (κ2) is 4.85. The Morgan fingerprint density at radius 2 is 2.25 bits per heavy atom. The monoisotopic (exact) mass is 253 g/mol. The van der Waals surface area contributed by atoms with Gasteiger partial charge in [-0.05, 0) is 19.1 Å². The van der Waals surface area contributed by atoms with Crippen molar-refractivity contribution in [2.24, 2.45) is 0 Å². The highest BCUT2D eigenvalue weighted by Gasteiger charge is 2.09. The number of halogens is 1. The van der Waals surface area contributed by atoms with Crippen molar-refractivity contribution >= 4 is 22.9 Å². The Morgan fingerprint density at radius 1 is 1.44 bits per heavy atom. The maximum Gasteiger partial charge on any atom is 0.119 e. The van der Waals surface area contributed by atoms with E-state index in [1.54, 1.807) is 18.4 Å². The summed E-state index contributed by atoms with van der Waals surface area (Å²) in [6, 6.07) is 7.91. The van der Waals surface area contributed by atoms with E-state index in [-0.39, 0.29) is 0 Å². The van der Waals surface area contributed by atoms with Gasteiger partial charge in [0.15, 0.2) is 0 Å². The summed E-state index contributed by atoms with van der Waals surface area (Å²) in [6.07, 6.45) is 0. The molecule has 0 saturated heterocycles. The summed E-state index contributed by atoms with van der Waals surface area (Å²) in [5, 5.41) is 0.956. The molecular weight excluding hydrogens is 242 g/mol. The first-order valence-corrected chi connectivity index (χ1v) is 6.26. The lowest BCUT2D eigenvalue weighted by Gasteiger charge is -2.02. The number of rotatable bonds is 3. The third-order valence-electron chi connectivity index (χ3n) is 2.30. The van der Waals surface area contributed by atoms with Crippen LogP contribution in [0.25, 0.3) is 11.3 Å². The van der Waals surface area contributed by atoms with Gasteiger partial charge < -0.3 is 4.74 Å². The normalized spacial score (nSPS) is 10.4. The molecule has 0 saturated carbocycles. The molecule has 0 aliphatic rings. The van der Waals surface area contributed by atoms with Gasteiger partial charge in [0.2, 0.25) is 0 Å². The maximum atomic E-state index is 5.78. The highest BCUT2D eigenvalue weighted by atomic mass is 35.5. The molecule has 0 unspecified atom stereocenters. The summed E-state index contributed by atoms with van der Waals surface area (Å²) in [5.74, 6) is 1.31. The van der Waals surface area contributed by atoms with Crippen LogP contribution in [0.3, 0.4) is 0 Å². The summed E-state index contributed by atoms with van der Waals surface area (Å²) in [6.45, 7) is 2.06. The van der Waals surface area contributed by atoms with Gasteiger partial charge in [-0.25, -0.2) is 4.98 Å². The summed E-state index contributed by atoms with van der Waals surface area (Å²) in [5.41, 5.74) is 2.07. The van der Waals surface area contributed by atoms with Crippen LogP contribution < -0.4 is 4.74 Å². The third kappa shape index (κ3) is 2.20. The number of thiazole rings is 1. The van der Waals surface area contributed by atoms with Gasteiger partial charge in [-0.15, -0.1) is 22.9 Å². The molecule has 4 heteroatoms. The van der Waals surface area contributed by atoms with Crippen molar-refractivity contribution < 1.29 is 4.74 Å². The van der Waals surface area contributed by atoms with Crippen LogP contribution >= 0.6 is 22.9 Å². The number of hydrogen-bond donors (Lipinski definition) is 0. The van der Waals surface area contributed by atoms with Crippen molar-refractivity contribution in [2.75, 3.05) is 7.11 Å². The van der Waals surface area contributed by atoms with Crippen LogP contribution in [0.4, 0.5) is 0 Å². The molecule has 0 bridgehead atoms. The first kappa shape index (κ1) is 11.4. The molecule has 0 N–H and O–H groups in total. The lowest BCUT2D eigenvalue weighted by atomic mass is 10.1. The lowest BCUT2D eigenvalue weighted by molar-refractivity contribution is 0.415. The standard InChI is InChI=1S/C12H12ClNOS/c1-8-12(14-11(7-13)16-8)9-4-3-5-10(6-9)15-2/h3-6H,7H2,1-2H3. The van der Waals surface area contributed by atoms with Crippen molar-refractivity contribution in [1.82, 2.24) is 4.98 Å². The maximum absolute atomic E-state index is 5.78. The van der Waals surface area contributed by atoms with E-state index in [1.807, 2.05) is 24.3 Å². The summed E-state index contributed by atoms with van der Waals surface area (Å²) >= 11 is 7.42. The number of nitrogens with zero attached hydrogens (tertiary/aromatic N) is 1. The number of aromatic nitrogens is 1. The second-order valence-electron chi connectivity index (χ2n) is 3.38. The van der Waals surface area contributed by atoms with E-state index in [9.17, 15) is 0 Å². The molecule has 0 spiro atoms. The van der Waals surface area contributed by atoms with E-state index in [0.29, 0.717) is 5.88 Å². The average molecular weight is 254 g/mol. The van der Waals surface area contributed by atoms with Crippen LogP contribution in [0.2, 0.25) is 0 Å². The Labute approximate surface area is 104 Å². The number of alkyl halides is 1. The number of aryl methyl sites for hydroxylation is 1. The largest absolute Gasteiger partial charge is 0.497 e. The smallest absolute Gasteiger partial charge is 0.119 e. The van der Waals surface area contributed by atoms with Crippen LogP contribution in [-0.4, -0.2) is 12.1 Å². The molecule has 1 aromatic heterocycles. The minimum absolute atomic E-state index is 0.468. The minimum atomic E-state index is 0.468. The van der Waals surface area contributed by atoms with Gasteiger partial charge >= 0.3 is 0 Å². The predicted molar refractivity (Wildman–Crippen MR) is 68.4 cm³/mol. The van der Waals surface area contributed by atoms with Gasteiger partial charge in [0, 0.05) is 10.4 Å². The first-order chi connectivity index (χ1) is 7.74. The van der Waals surface area contributed by atoms with Crippen molar-refractivity contribution in [3.63, 3.8) is 0 Å². The van der Waals surface area contributed by atoms with Crippen LogP contribution in [0.5, 0.6) is 5.75 Å². The molecule has 16 heavy (non-hydrogen) atoms. The number of ether oxygens (including phenoxy) is 1. The van der Waals surface area contributed by atoms with Crippen LogP contribution in [0.1, 0.15) is 9.88 Å².